The average molecular weight is 270 g/mol. The fourth-order valence-electron chi connectivity index (χ4n) is 1.40. The van der Waals surface area contributed by atoms with Crippen LogP contribution in [0.15, 0.2) is 31.9 Å². The fourth-order valence-corrected chi connectivity index (χ4v) is 1.75. The molecule has 0 aliphatic carbocycles. The van der Waals surface area contributed by atoms with Crippen molar-refractivity contribution in [2.24, 2.45) is 5.73 Å². The van der Waals surface area contributed by atoms with Crippen molar-refractivity contribution in [3.8, 4) is 5.75 Å². The first-order chi connectivity index (χ1) is 7.11. The standard InChI is InChI=1S/C10H8BrNO3/c11-7-2-6-5(4-12)1-10(14)15-9(6)3-8(7)13/h1-3,13H,4,12H2. The van der Waals surface area contributed by atoms with E-state index in [1.54, 1.807) is 6.07 Å². The van der Waals surface area contributed by atoms with E-state index in [-0.39, 0.29) is 12.3 Å². The smallest absolute Gasteiger partial charge is 0.336 e. The number of rotatable bonds is 1. The summed E-state index contributed by atoms with van der Waals surface area (Å²) in [5, 5.41) is 10.2. The summed E-state index contributed by atoms with van der Waals surface area (Å²) in [4.78, 5) is 11.1. The Bertz CT molecular complexity index is 577. The van der Waals surface area contributed by atoms with Crippen LogP contribution in [-0.4, -0.2) is 5.11 Å². The van der Waals surface area contributed by atoms with Crippen molar-refractivity contribution in [2.75, 3.05) is 0 Å². The van der Waals surface area contributed by atoms with Gasteiger partial charge in [0.05, 0.1) is 4.47 Å². The van der Waals surface area contributed by atoms with Gasteiger partial charge in [0.25, 0.3) is 0 Å². The molecule has 1 heterocycles. The van der Waals surface area contributed by atoms with Crippen LogP contribution in [0.5, 0.6) is 5.75 Å². The minimum absolute atomic E-state index is 0.0276. The number of phenolic OH excluding ortho intramolecular Hbond substituents is 1. The molecule has 0 atom stereocenters. The first-order valence-corrected chi connectivity index (χ1v) is 5.06. The van der Waals surface area contributed by atoms with Crippen molar-refractivity contribution in [1.82, 2.24) is 0 Å². The van der Waals surface area contributed by atoms with Crippen LogP contribution in [0.2, 0.25) is 0 Å². The molecule has 0 spiro atoms. The van der Waals surface area contributed by atoms with E-state index in [1.165, 1.54) is 12.1 Å². The minimum Gasteiger partial charge on any atom is -0.507 e. The van der Waals surface area contributed by atoms with Gasteiger partial charge >= 0.3 is 5.63 Å². The maximum Gasteiger partial charge on any atom is 0.336 e. The number of halogens is 1. The third-order valence-corrected chi connectivity index (χ3v) is 2.75. The highest BCUT2D eigenvalue weighted by Crippen LogP contribution is 2.30. The highest BCUT2D eigenvalue weighted by molar-refractivity contribution is 9.10. The van der Waals surface area contributed by atoms with Gasteiger partial charge in [0.15, 0.2) is 0 Å². The molecule has 2 rings (SSSR count). The summed E-state index contributed by atoms with van der Waals surface area (Å²) < 4.78 is 5.49. The molecular formula is C10H8BrNO3. The molecule has 0 radical (unpaired) electrons. The van der Waals surface area contributed by atoms with E-state index in [0.717, 1.165) is 5.39 Å². The summed E-state index contributed by atoms with van der Waals surface area (Å²) in [5.41, 5.74) is 6.08. The van der Waals surface area contributed by atoms with Gasteiger partial charge in [0.1, 0.15) is 11.3 Å². The van der Waals surface area contributed by atoms with Crippen molar-refractivity contribution >= 4 is 26.9 Å². The van der Waals surface area contributed by atoms with Gasteiger partial charge in [-0.3, -0.25) is 0 Å². The second-order valence-corrected chi connectivity index (χ2v) is 3.95. The van der Waals surface area contributed by atoms with Gasteiger partial charge in [0.2, 0.25) is 0 Å². The van der Waals surface area contributed by atoms with Gasteiger partial charge in [0, 0.05) is 24.1 Å². The Labute approximate surface area is 93.4 Å². The van der Waals surface area contributed by atoms with Gasteiger partial charge in [-0.2, -0.15) is 0 Å². The SMILES string of the molecule is NCc1cc(=O)oc2cc(O)c(Br)cc12. The Balaban J connectivity index is 2.90. The summed E-state index contributed by atoms with van der Waals surface area (Å²) >= 11 is 3.19. The molecule has 0 amide bonds. The summed E-state index contributed by atoms with van der Waals surface area (Å²) in [6, 6.07) is 4.42. The highest BCUT2D eigenvalue weighted by atomic mass is 79.9. The summed E-state index contributed by atoms with van der Waals surface area (Å²) in [5.74, 6) is 0.0276. The van der Waals surface area contributed by atoms with Crippen LogP contribution in [0.1, 0.15) is 5.56 Å². The number of aromatic hydroxyl groups is 1. The first kappa shape index (κ1) is 10.2. The Kier molecular flexibility index (Phi) is 2.50. The zero-order valence-corrected chi connectivity index (χ0v) is 9.24. The lowest BCUT2D eigenvalue weighted by atomic mass is 10.1. The molecule has 0 aliphatic heterocycles. The second-order valence-electron chi connectivity index (χ2n) is 3.09. The van der Waals surface area contributed by atoms with Crippen molar-refractivity contribution in [2.45, 2.75) is 6.54 Å². The molecule has 0 unspecified atom stereocenters. The van der Waals surface area contributed by atoms with E-state index in [2.05, 4.69) is 15.9 Å². The van der Waals surface area contributed by atoms with Gasteiger partial charge in [-0.25, -0.2) is 4.79 Å². The number of benzene rings is 1. The molecule has 0 saturated carbocycles. The largest absolute Gasteiger partial charge is 0.507 e. The Morgan fingerprint density at radius 1 is 1.40 bits per heavy atom. The van der Waals surface area contributed by atoms with Crippen LogP contribution >= 0.6 is 15.9 Å². The monoisotopic (exact) mass is 269 g/mol. The van der Waals surface area contributed by atoms with E-state index >= 15 is 0 Å². The zero-order chi connectivity index (χ0) is 11.0. The van der Waals surface area contributed by atoms with Crippen molar-refractivity contribution in [3.63, 3.8) is 0 Å². The van der Waals surface area contributed by atoms with Gasteiger partial charge in [-0.15, -0.1) is 0 Å². The highest BCUT2D eigenvalue weighted by Gasteiger charge is 2.07. The fraction of sp³-hybridized carbons (Fsp3) is 0.100. The van der Waals surface area contributed by atoms with E-state index in [1.807, 2.05) is 0 Å². The summed E-state index contributed by atoms with van der Waals surface area (Å²) in [6.45, 7) is 0.249. The number of hydrogen-bond donors (Lipinski definition) is 2. The molecule has 1 aromatic heterocycles. The molecule has 4 nitrogen and oxygen atoms in total. The molecule has 5 heteroatoms. The van der Waals surface area contributed by atoms with Crippen LogP contribution in [0, 0.1) is 0 Å². The lowest BCUT2D eigenvalue weighted by Crippen LogP contribution is -2.04. The Morgan fingerprint density at radius 2 is 2.13 bits per heavy atom. The lowest BCUT2D eigenvalue weighted by molar-refractivity contribution is 0.469. The van der Waals surface area contributed by atoms with E-state index in [9.17, 15) is 9.90 Å². The van der Waals surface area contributed by atoms with E-state index < -0.39 is 5.63 Å². The minimum atomic E-state index is -0.468. The molecule has 0 fully saturated rings. The number of fused-ring (bicyclic) bond motifs is 1. The lowest BCUT2D eigenvalue weighted by Gasteiger charge is -2.04. The zero-order valence-electron chi connectivity index (χ0n) is 7.66. The van der Waals surface area contributed by atoms with Gasteiger partial charge < -0.3 is 15.3 Å². The molecular weight excluding hydrogens is 262 g/mol. The first-order valence-electron chi connectivity index (χ1n) is 4.27. The van der Waals surface area contributed by atoms with Crippen LogP contribution in [-0.2, 0) is 6.54 Å². The van der Waals surface area contributed by atoms with Crippen molar-refractivity contribution in [1.29, 1.82) is 0 Å². The molecule has 1 aromatic carbocycles. The number of phenols is 1. The molecule has 0 saturated heterocycles. The predicted molar refractivity (Wildman–Crippen MR) is 59.7 cm³/mol. The predicted octanol–water partition coefficient (Wildman–Crippen LogP) is 1.72. The maximum atomic E-state index is 11.1. The molecule has 0 aliphatic rings. The number of hydrogen-bond acceptors (Lipinski definition) is 4. The molecule has 0 bridgehead atoms. The van der Waals surface area contributed by atoms with Gasteiger partial charge in [-0.05, 0) is 27.6 Å². The topological polar surface area (TPSA) is 76.5 Å². The maximum absolute atomic E-state index is 11.1. The third-order valence-electron chi connectivity index (χ3n) is 2.12. The molecule has 2 aromatic rings. The molecule has 78 valence electrons. The van der Waals surface area contributed by atoms with Crippen LogP contribution in [0.25, 0.3) is 11.0 Å². The Morgan fingerprint density at radius 3 is 2.80 bits per heavy atom. The van der Waals surface area contributed by atoms with Crippen LogP contribution < -0.4 is 11.4 Å². The van der Waals surface area contributed by atoms with Crippen molar-refractivity contribution < 1.29 is 9.52 Å². The third kappa shape index (κ3) is 1.75. The molecule has 15 heavy (non-hydrogen) atoms. The Hall–Kier alpha value is -1.33. The summed E-state index contributed by atoms with van der Waals surface area (Å²) in [7, 11) is 0. The van der Waals surface area contributed by atoms with E-state index in [0.29, 0.717) is 15.6 Å². The number of nitrogens with two attached hydrogens (primary N) is 1. The quantitative estimate of drug-likeness (QED) is 0.773. The molecule has 3 N–H and O–H groups in total. The van der Waals surface area contributed by atoms with Crippen LogP contribution in [0.4, 0.5) is 0 Å². The van der Waals surface area contributed by atoms with Gasteiger partial charge in [-0.1, -0.05) is 0 Å². The summed E-state index contributed by atoms with van der Waals surface area (Å²) in [6.07, 6.45) is 0. The van der Waals surface area contributed by atoms with Crippen molar-refractivity contribution in [3.05, 3.63) is 38.7 Å². The normalized spacial score (nSPS) is 10.8. The second kappa shape index (κ2) is 3.67. The average Bonchev–Trinajstić information content (AvgIpc) is 2.19. The van der Waals surface area contributed by atoms with Crippen LogP contribution in [0.3, 0.4) is 0 Å². The van der Waals surface area contributed by atoms with E-state index in [4.69, 9.17) is 10.2 Å².